The summed E-state index contributed by atoms with van der Waals surface area (Å²) in [5, 5.41) is 2.98. The summed E-state index contributed by atoms with van der Waals surface area (Å²) in [6, 6.07) is -0.482. The summed E-state index contributed by atoms with van der Waals surface area (Å²) >= 11 is 1.59. The Morgan fingerprint density at radius 1 is 1.50 bits per heavy atom. The van der Waals surface area contributed by atoms with Gasteiger partial charge in [0.25, 0.3) is 0 Å². The topological polar surface area (TPSA) is 32.3 Å². The Labute approximate surface area is 109 Å². The van der Waals surface area contributed by atoms with E-state index in [2.05, 4.69) is 5.32 Å². The third kappa shape index (κ3) is 5.48. The molecule has 1 aliphatic rings. The van der Waals surface area contributed by atoms with Gasteiger partial charge in [0.1, 0.15) is 6.54 Å². The molecule has 0 saturated carbocycles. The van der Waals surface area contributed by atoms with Crippen molar-refractivity contribution in [2.45, 2.75) is 26.1 Å². The molecule has 1 saturated heterocycles. The quantitative estimate of drug-likeness (QED) is 0.853. The first-order valence-electron chi connectivity index (χ1n) is 5.96. The van der Waals surface area contributed by atoms with Crippen LogP contribution in [0, 0.1) is 5.92 Å². The highest BCUT2D eigenvalue weighted by Gasteiger charge is 2.35. The fourth-order valence-electron chi connectivity index (χ4n) is 1.83. The molecule has 0 aromatic carbocycles. The highest BCUT2D eigenvalue weighted by Crippen LogP contribution is 2.19. The van der Waals surface area contributed by atoms with Crippen molar-refractivity contribution in [3.63, 3.8) is 0 Å². The van der Waals surface area contributed by atoms with E-state index in [1.54, 1.807) is 25.6 Å². The van der Waals surface area contributed by atoms with Crippen LogP contribution >= 0.6 is 11.8 Å². The molecular weight excluding hydrogens is 265 g/mol. The van der Waals surface area contributed by atoms with E-state index in [1.807, 2.05) is 0 Å². The Hall–Kier alpha value is -0.430. The van der Waals surface area contributed by atoms with Gasteiger partial charge >= 0.3 is 6.18 Å². The summed E-state index contributed by atoms with van der Waals surface area (Å²) in [7, 11) is 0. The van der Waals surface area contributed by atoms with Gasteiger partial charge in [-0.15, -0.1) is 0 Å². The van der Waals surface area contributed by atoms with Gasteiger partial charge < -0.3 is 10.2 Å². The molecule has 1 heterocycles. The maximum absolute atomic E-state index is 12.5. The number of nitrogens with one attached hydrogen (secondary N) is 1. The van der Waals surface area contributed by atoms with E-state index in [9.17, 15) is 18.0 Å². The van der Waals surface area contributed by atoms with Crippen LogP contribution in [0.15, 0.2) is 0 Å². The smallest absolute Gasteiger partial charge is 0.332 e. The van der Waals surface area contributed by atoms with Gasteiger partial charge in [0.05, 0.1) is 6.04 Å². The van der Waals surface area contributed by atoms with E-state index < -0.39 is 24.7 Å². The summed E-state index contributed by atoms with van der Waals surface area (Å²) < 4.78 is 37.4. The Bertz CT molecular complexity index is 278. The van der Waals surface area contributed by atoms with Gasteiger partial charge in [-0.2, -0.15) is 24.9 Å². The van der Waals surface area contributed by atoms with Gasteiger partial charge in [-0.3, -0.25) is 4.79 Å². The molecule has 1 aliphatic heterocycles. The Kier molecular flexibility index (Phi) is 5.78. The van der Waals surface area contributed by atoms with Gasteiger partial charge in [0.15, 0.2) is 0 Å². The van der Waals surface area contributed by atoms with Crippen molar-refractivity contribution in [1.82, 2.24) is 10.2 Å². The van der Waals surface area contributed by atoms with Crippen LogP contribution in [-0.2, 0) is 4.79 Å². The molecule has 1 N–H and O–H groups in total. The molecule has 0 spiro atoms. The molecule has 0 aromatic rings. The lowest BCUT2D eigenvalue weighted by Crippen LogP contribution is -2.53. The van der Waals surface area contributed by atoms with Gasteiger partial charge in [0.2, 0.25) is 5.91 Å². The number of amides is 1. The van der Waals surface area contributed by atoms with Gasteiger partial charge in [-0.05, 0) is 5.92 Å². The van der Waals surface area contributed by atoms with Crippen LogP contribution in [0.2, 0.25) is 0 Å². The number of halogens is 3. The second-order valence-electron chi connectivity index (χ2n) is 4.81. The molecule has 1 atom stereocenters. The van der Waals surface area contributed by atoms with E-state index in [4.69, 9.17) is 0 Å². The zero-order valence-corrected chi connectivity index (χ0v) is 11.4. The Morgan fingerprint density at radius 2 is 2.17 bits per heavy atom. The third-order valence-corrected chi connectivity index (χ3v) is 3.55. The second-order valence-corrected chi connectivity index (χ2v) is 5.96. The number of hydrogen-bond acceptors (Lipinski definition) is 3. The molecule has 1 unspecified atom stereocenters. The minimum atomic E-state index is -4.34. The highest BCUT2D eigenvalue weighted by molar-refractivity contribution is 7.99. The fourth-order valence-corrected chi connectivity index (χ4v) is 2.76. The maximum atomic E-state index is 12.5. The second kappa shape index (κ2) is 6.65. The zero-order chi connectivity index (χ0) is 13.8. The van der Waals surface area contributed by atoms with Crippen LogP contribution in [0.4, 0.5) is 13.2 Å². The van der Waals surface area contributed by atoms with E-state index in [1.165, 1.54) is 0 Å². The number of rotatable bonds is 4. The minimum Gasteiger partial charge on any atom is -0.332 e. The number of thioether (sulfide) groups is 1. The van der Waals surface area contributed by atoms with E-state index >= 15 is 0 Å². The first-order chi connectivity index (χ1) is 8.29. The van der Waals surface area contributed by atoms with Crippen LogP contribution in [0.1, 0.15) is 13.8 Å². The van der Waals surface area contributed by atoms with Crippen molar-refractivity contribution in [3.8, 4) is 0 Å². The largest absolute Gasteiger partial charge is 0.406 e. The van der Waals surface area contributed by atoms with Crippen LogP contribution < -0.4 is 5.32 Å². The first kappa shape index (κ1) is 15.6. The standard InChI is InChI=1S/C11H19F3N2OS/c1-8(2)5-16(7-11(12,13)14)10(17)9-6-18-4-3-15-9/h8-9,15H,3-7H2,1-2H3. The zero-order valence-electron chi connectivity index (χ0n) is 10.6. The van der Waals surface area contributed by atoms with E-state index in [0.717, 1.165) is 10.7 Å². The summed E-state index contributed by atoms with van der Waals surface area (Å²) in [6.07, 6.45) is -4.34. The molecular formula is C11H19F3N2OS. The minimum absolute atomic E-state index is 0.0209. The molecule has 1 fully saturated rings. The van der Waals surface area contributed by atoms with Crippen molar-refractivity contribution >= 4 is 17.7 Å². The maximum Gasteiger partial charge on any atom is 0.406 e. The van der Waals surface area contributed by atoms with Crippen molar-refractivity contribution in [2.24, 2.45) is 5.92 Å². The van der Waals surface area contributed by atoms with E-state index in [0.29, 0.717) is 12.3 Å². The summed E-state index contributed by atoms with van der Waals surface area (Å²) in [4.78, 5) is 13.0. The lowest BCUT2D eigenvalue weighted by molar-refractivity contribution is -0.163. The molecule has 0 aromatic heterocycles. The Morgan fingerprint density at radius 3 is 2.61 bits per heavy atom. The van der Waals surface area contributed by atoms with Crippen molar-refractivity contribution in [2.75, 3.05) is 31.1 Å². The molecule has 1 amide bonds. The van der Waals surface area contributed by atoms with Gasteiger partial charge in [-0.25, -0.2) is 0 Å². The normalized spacial score (nSPS) is 21.1. The lowest BCUT2D eigenvalue weighted by atomic mass is 10.2. The molecule has 0 radical (unpaired) electrons. The van der Waals surface area contributed by atoms with Gasteiger partial charge in [-0.1, -0.05) is 13.8 Å². The van der Waals surface area contributed by atoms with Crippen molar-refractivity contribution in [1.29, 1.82) is 0 Å². The third-order valence-electron chi connectivity index (χ3n) is 2.49. The van der Waals surface area contributed by atoms with Crippen LogP contribution in [0.25, 0.3) is 0 Å². The number of carbonyl (C=O) groups excluding carboxylic acids is 1. The Balaban J connectivity index is 2.65. The number of hydrogen-bond donors (Lipinski definition) is 1. The molecule has 0 aliphatic carbocycles. The number of carbonyl (C=O) groups is 1. The average Bonchev–Trinajstić information content (AvgIpc) is 2.26. The molecule has 18 heavy (non-hydrogen) atoms. The van der Waals surface area contributed by atoms with Crippen molar-refractivity contribution < 1.29 is 18.0 Å². The first-order valence-corrected chi connectivity index (χ1v) is 7.11. The van der Waals surface area contributed by atoms with Crippen LogP contribution in [-0.4, -0.2) is 54.2 Å². The lowest BCUT2D eigenvalue weighted by Gasteiger charge is -2.31. The highest BCUT2D eigenvalue weighted by atomic mass is 32.2. The van der Waals surface area contributed by atoms with Crippen molar-refractivity contribution in [3.05, 3.63) is 0 Å². The molecule has 106 valence electrons. The van der Waals surface area contributed by atoms with Crippen LogP contribution in [0.5, 0.6) is 0 Å². The predicted octanol–water partition coefficient (Wildman–Crippen LogP) is 1.74. The fraction of sp³-hybridized carbons (Fsp3) is 0.909. The molecule has 7 heteroatoms. The summed E-state index contributed by atoms with van der Waals surface area (Å²) in [5.41, 5.74) is 0. The summed E-state index contributed by atoms with van der Waals surface area (Å²) in [5.74, 6) is 1.03. The molecule has 0 bridgehead atoms. The van der Waals surface area contributed by atoms with Gasteiger partial charge in [0, 0.05) is 24.6 Å². The average molecular weight is 284 g/mol. The molecule has 3 nitrogen and oxygen atoms in total. The summed E-state index contributed by atoms with van der Waals surface area (Å²) in [6.45, 7) is 3.26. The van der Waals surface area contributed by atoms with Crippen LogP contribution in [0.3, 0.4) is 0 Å². The number of nitrogens with zero attached hydrogens (tertiary/aromatic N) is 1. The number of alkyl halides is 3. The SMILES string of the molecule is CC(C)CN(CC(F)(F)F)C(=O)C1CSCCN1. The predicted molar refractivity (Wildman–Crippen MR) is 66.6 cm³/mol. The van der Waals surface area contributed by atoms with E-state index in [-0.39, 0.29) is 12.5 Å². The monoisotopic (exact) mass is 284 g/mol. The molecule has 1 rings (SSSR count).